The summed E-state index contributed by atoms with van der Waals surface area (Å²) in [6.45, 7) is 11.0. The number of likely N-dealkylation sites (tertiary alicyclic amines) is 1. The zero-order chi connectivity index (χ0) is 18.1. The van der Waals surface area contributed by atoms with Gasteiger partial charge in [0.15, 0.2) is 5.96 Å². The van der Waals surface area contributed by atoms with E-state index < -0.39 is 0 Å². The van der Waals surface area contributed by atoms with Crippen molar-refractivity contribution in [2.24, 2.45) is 10.9 Å². The zero-order valence-electron chi connectivity index (χ0n) is 15.7. The summed E-state index contributed by atoms with van der Waals surface area (Å²) in [6, 6.07) is 7.46. The highest BCUT2D eigenvalue weighted by molar-refractivity contribution is 6.30. The molecule has 1 saturated heterocycles. The number of nitrogens with one attached hydrogen (secondary N) is 1. The Morgan fingerprint density at radius 1 is 1.36 bits per heavy atom. The molecule has 0 aromatic heterocycles. The molecule has 25 heavy (non-hydrogen) atoms. The third-order valence-electron chi connectivity index (χ3n) is 4.52. The van der Waals surface area contributed by atoms with Crippen LogP contribution in [0.15, 0.2) is 29.3 Å². The maximum absolute atomic E-state index is 5.89. The minimum atomic E-state index is 0.607. The molecule has 0 spiro atoms. The fraction of sp³-hybridized carbons (Fsp3) is 0.632. The largest absolute Gasteiger partial charge is 0.492 e. The highest BCUT2D eigenvalue weighted by atomic mass is 35.5. The number of aliphatic imine (C=N–C) groups is 1. The third kappa shape index (κ3) is 6.75. The Kier molecular flexibility index (Phi) is 8.35. The molecule has 0 radical (unpaired) electrons. The Hall–Kier alpha value is -1.46. The van der Waals surface area contributed by atoms with Crippen molar-refractivity contribution in [1.82, 2.24) is 15.1 Å². The van der Waals surface area contributed by atoms with Crippen LogP contribution in [-0.2, 0) is 0 Å². The quantitative estimate of drug-likeness (QED) is 0.567. The highest BCUT2D eigenvalue weighted by Gasteiger charge is 2.21. The molecule has 140 valence electrons. The molecule has 6 heteroatoms. The van der Waals surface area contributed by atoms with Crippen LogP contribution >= 0.6 is 11.6 Å². The molecule has 1 aromatic carbocycles. The molecule has 1 N–H and O–H groups in total. The molecule has 0 amide bonds. The molecule has 1 aliphatic heterocycles. The lowest BCUT2D eigenvalue weighted by atomic mass is 10.1. The number of rotatable bonds is 8. The van der Waals surface area contributed by atoms with Gasteiger partial charge in [0.2, 0.25) is 0 Å². The second-order valence-corrected chi connectivity index (χ2v) is 6.90. The van der Waals surface area contributed by atoms with Crippen molar-refractivity contribution in [3.63, 3.8) is 0 Å². The lowest BCUT2D eigenvalue weighted by Crippen LogP contribution is -2.41. The number of guanidine groups is 1. The first-order chi connectivity index (χ1) is 12.1. The van der Waals surface area contributed by atoms with Gasteiger partial charge in [-0.2, -0.15) is 0 Å². The molecule has 1 aliphatic rings. The van der Waals surface area contributed by atoms with Crippen LogP contribution in [0.4, 0.5) is 0 Å². The van der Waals surface area contributed by atoms with Gasteiger partial charge in [-0.15, -0.1) is 0 Å². The lowest BCUT2D eigenvalue weighted by molar-refractivity contribution is 0.281. The van der Waals surface area contributed by atoms with Crippen molar-refractivity contribution in [3.05, 3.63) is 29.3 Å². The number of nitrogens with zero attached hydrogens (tertiary/aromatic N) is 3. The zero-order valence-corrected chi connectivity index (χ0v) is 16.4. The van der Waals surface area contributed by atoms with Crippen LogP contribution < -0.4 is 10.1 Å². The van der Waals surface area contributed by atoms with Crippen molar-refractivity contribution in [3.8, 4) is 5.75 Å². The van der Waals surface area contributed by atoms with Crippen molar-refractivity contribution in [2.45, 2.75) is 20.3 Å². The van der Waals surface area contributed by atoms with E-state index in [1.54, 1.807) is 0 Å². The average Bonchev–Trinajstić information content (AvgIpc) is 3.08. The molecule has 0 aliphatic carbocycles. The van der Waals surface area contributed by atoms with Gasteiger partial charge < -0.3 is 19.9 Å². The summed E-state index contributed by atoms with van der Waals surface area (Å²) >= 11 is 5.89. The summed E-state index contributed by atoms with van der Waals surface area (Å²) in [5.74, 6) is 2.47. The fourth-order valence-electron chi connectivity index (χ4n) is 2.97. The molecule has 1 atom stereocenters. The Balaban J connectivity index is 1.79. The van der Waals surface area contributed by atoms with Crippen LogP contribution in [-0.4, -0.2) is 68.7 Å². The number of hydrogen-bond donors (Lipinski definition) is 1. The maximum atomic E-state index is 5.89. The number of likely N-dealkylation sites (N-methyl/N-ethyl adjacent to an activating group) is 1. The minimum absolute atomic E-state index is 0.607. The minimum Gasteiger partial charge on any atom is -0.492 e. The fourth-order valence-corrected chi connectivity index (χ4v) is 3.10. The van der Waals surface area contributed by atoms with Gasteiger partial charge in [-0.25, -0.2) is 0 Å². The maximum Gasteiger partial charge on any atom is 0.193 e. The van der Waals surface area contributed by atoms with Crippen LogP contribution in [0.3, 0.4) is 0 Å². The SMILES string of the molecule is CCNC(=NCC1CCN(CC)C1)N(C)CCOc1ccc(Cl)cc1. The standard InChI is InChI=1S/C19H31ClN4O/c1-4-21-19(22-14-16-10-11-24(5-2)15-16)23(3)12-13-25-18-8-6-17(20)7-9-18/h6-9,16H,4-5,10-15H2,1-3H3,(H,21,22). The average molecular weight is 367 g/mol. The van der Waals surface area contributed by atoms with E-state index in [9.17, 15) is 0 Å². The summed E-state index contributed by atoms with van der Waals surface area (Å²) < 4.78 is 5.78. The van der Waals surface area contributed by atoms with Crippen LogP contribution in [0.2, 0.25) is 5.02 Å². The summed E-state index contributed by atoms with van der Waals surface area (Å²) in [5.41, 5.74) is 0. The predicted molar refractivity (Wildman–Crippen MR) is 106 cm³/mol. The summed E-state index contributed by atoms with van der Waals surface area (Å²) in [7, 11) is 2.06. The monoisotopic (exact) mass is 366 g/mol. The van der Waals surface area contributed by atoms with E-state index in [0.717, 1.165) is 42.9 Å². The van der Waals surface area contributed by atoms with Gasteiger partial charge in [0, 0.05) is 31.7 Å². The molecule has 5 nitrogen and oxygen atoms in total. The van der Waals surface area contributed by atoms with Gasteiger partial charge in [-0.05, 0) is 56.6 Å². The second kappa shape index (κ2) is 10.5. The van der Waals surface area contributed by atoms with E-state index in [0.29, 0.717) is 12.5 Å². The van der Waals surface area contributed by atoms with Crippen LogP contribution in [0.1, 0.15) is 20.3 Å². The van der Waals surface area contributed by atoms with Crippen molar-refractivity contribution in [2.75, 3.05) is 52.9 Å². The van der Waals surface area contributed by atoms with E-state index in [1.807, 2.05) is 24.3 Å². The van der Waals surface area contributed by atoms with Gasteiger partial charge in [0.25, 0.3) is 0 Å². The van der Waals surface area contributed by atoms with Crippen molar-refractivity contribution >= 4 is 17.6 Å². The molecule has 2 rings (SSSR count). The topological polar surface area (TPSA) is 40.1 Å². The number of hydrogen-bond acceptors (Lipinski definition) is 3. The molecule has 1 fully saturated rings. The van der Waals surface area contributed by atoms with E-state index in [1.165, 1.54) is 19.5 Å². The molecule has 1 unspecified atom stereocenters. The first-order valence-corrected chi connectivity index (χ1v) is 9.60. The van der Waals surface area contributed by atoms with Gasteiger partial charge >= 0.3 is 0 Å². The van der Waals surface area contributed by atoms with Gasteiger partial charge in [-0.3, -0.25) is 4.99 Å². The molecule has 0 saturated carbocycles. The predicted octanol–water partition coefficient (Wildman–Crippen LogP) is 2.96. The van der Waals surface area contributed by atoms with E-state index >= 15 is 0 Å². The van der Waals surface area contributed by atoms with Crippen molar-refractivity contribution in [1.29, 1.82) is 0 Å². The molecular weight excluding hydrogens is 336 g/mol. The normalized spacial score (nSPS) is 18.4. The lowest BCUT2D eigenvalue weighted by Gasteiger charge is -2.22. The highest BCUT2D eigenvalue weighted by Crippen LogP contribution is 2.16. The Labute approximate surface area is 157 Å². The smallest absolute Gasteiger partial charge is 0.193 e. The van der Waals surface area contributed by atoms with Crippen LogP contribution in [0, 0.1) is 5.92 Å². The third-order valence-corrected chi connectivity index (χ3v) is 4.77. The van der Waals surface area contributed by atoms with Crippen LogP contribution in [0.5, 0.6) is 5.75 Å². The number of benzene rings is 1. The van der Waals surface area contributed by atoms with Crippen LogP contribution in [0.25, 0.3) is 0 Å². The second-order valence-electron chi connectivity index (χ2n) is 6.47. The van der Waals surface area contributed by atoms with E-state index in [4.69, 9.17) is 21.3 Å². The summed E-state index contributed by atoms with van der Waals surface area (Å²) in [4.78, 5) is 9.46. The van der Waals surface area contributed by atoms with Crippen molar-refractivity contribution < 1.29 is 4.74 Å². The van der Waals surface area contributed by atoms with Gasteiger partial charge in [-0.1, -0.05) is 18.5 Å². The van der Waals surface area contributed by atoms with E-state index in [-0.39, 0.29) is 0 Å². The Morgan fingerprint density at radius 2 is 2.12 bits per heavy atom. The summed E-state index contributed by atoms with van der Waals surface area (Å²) in [6.07, 6.45) is 1.25. The summed E-state index contributed by atoms with van der Waals surface area (Å²) in [5, 5.41) is 4.10. The Bertz CT molecular complexity index is 535. The van der Waals surface area contributed by atoms with E-state index in [2.05, 4.69) is 36.0 Å². The van der Waals surface area contributed by atoms with Gasteiger partial charge in [0.1, 0.15) is 12.4 Å². The molecule has 1 aromatic rings. The molecule has 0 bridgehead atoms. The Morgan fingerprint density at radius 3 is 2.76 bits per heavy atom. The number of halogens is 1. The first kappa shape index (κ1) is 19.9. The molecular formula is C19H31ClN4O. The number of ether oxygens (including phenoxy) is 1. The molecule has 1 heterocycles. The van der Waals surface area contributed by atoms with Gasteiger partial charge in [0.05, 0.1) is 6.54 Å². The first-order valence-electron chi connectivity index (χ1n) is 9.22.